The summed E-state index contributed by atoms with van der Waals surface area (Å²) in [6.45, 7) is 6.09. The standard InChI is InChI=1S/C8H19NO2/c1-6(5-9)7(10)8(2,3)11-4/h6-7,10H,5,9H2,1-4H3. The maximum atomic E-state index is 9.64. The van der Waals surface area contributed by atoms with E-state index in [1.807, 2.05) is 20.8 Å². The van der Waals surface area contributed by atoms with Crippen molar-refractivity contribution in [1.29, 1.82) is 0 Å². The molecule has 68 valence electrons. The predicted molar refractivity (Wildman–Crippen MR) is 45.3 cm³/mol. The molecule has 0 amide bonds. The number of aliphatic hydroxyl groups is 1. The molecule has 0 aromatic rings. The Morgan fingerprint density at radius 3 is 2.27 bits per heavy atom. The van der Waals surface area contributed by atoms with Gasteiger partial charge in [-0.15, -0.1) is 0 Å². The minimum absolute atomic E-state index is 0.0740. The van der Waals surface area contributed by atoms with Crippen LogP contribution in [0.15, 0.2) is 0 Å². The highest BCUT2D eigenvalue weighted by atomic mass is 16.5. The SMILES string of the molecule is COC(C)(C)C(O)C(C)CN. The molecule has 0 radical (unpaired) electrons. The summed E-state index contributed by atoms with van der Waals surface area (Å²) < 4.78 is 5.12. The van der Waals surface area contributed by atoms with E-state index in [-0.39, 0.29) is 5.92 Å². The van der Waals surface area contributed by atoms with Gasteiger partial charge in [0.05, 0.1) is 11.7 Å². The zero-order valence-corrected chi connectivity index (χ0v) is 7.79. The summed E-state index contributed by atoms with van der Waals surface area (Å²) in [6, 6.07) is 0. The molecule has 0 saturated carbocycles. The van der Waals surface area contributed by atoms with Crippen LogP contribution in [0.3, 0.4) is 0 Å². The van der Waals surface area contributed by atoms with Crippen molar-refractivity contribution >= 4 is 0 Å². The number of aliphatic hydroxyl groups excluding tert-OH is 1. The molecule has 0 fully saturated rings. The third-order valence-electron chi connectivity index (χ3n) is 2.15. The lowest BCUT2D eigenvalue weighted by Crippen LogP contribution is -2.44. The smallest absolute Gasteiger partial charge is 0.0883 e. The van der Waals surface area contributed by atoms with Crippen LogP contribution in [-0.4, -0.2) is 30.5 Å². The highest BCUT2D eigenvalue weighted by Crippen LogP contribution is 2.19. The molecule has 0 aliphatic rings. The number of rotatable bonds is 4. The van der Waals surface area contributed by atoms with Gasteiger partial charge < -0.3 is 15.6 Å². The van der Waals surface area contributed by atoms with Crippen molar-refractivity contribution in [3.8, 4) is 0 Å². The molecule has 0 heterocycles. The molecule has 0 spiro atoms. The van der Waals surface area contributed by atoms with Gasteiger partial charge in [-0.1, -0.05) is 6.92 Å². The van der Waals surface area contributed by atoms with Crippen LogP contribution in [0.4, 0.5) is 0 Å². The Kier molecular flexibility index (Phi) is 4.00. The van der Waals surface area contributed by atoms with Crippen molar-refractivity contribution in [2.75, 3.05) is 13.7 Å². The summed E-state index contributed by atoms with van der Waals surface area (Å²) in [7, 11) is 1.59. The Morgan fingerprint density at radius 1 is 1.55 bits per heavy atom. The molecule has 2 atom stereocenters. The molecule has 0 aromatic heterocycles. The maximum absolute atomic E-state index is 9.64. The third kappa shape index (κ3) is 2.77. The van der Waals surface area contributed by atoms with Gasteiger partial charge in [0, 0.05) is 7.11 Å². The fourth-order valence-electron chi connectivity index (χ4n) is 0.935. The number of hydrogen-bond acceptors (Lipinski definition) is 3. The van der Waals surface area contributed by atoms with Gasteiger partial charge in [0.1, 0.15) is 0 Å². The lowest BCUT2D eigenvalue weighted by Gasteiger charge is -2.32. The first-order chi connectivity index (χ1) is 4.95. The van der Waals surface area contributed by atoms with Crippen LogP contribution in [-0.2, 0) is 4.74 Å². The zero-order chi connectivity index (χ0) is 9.07. The fourth-order valence-corrected chi connectivity index (χ4v) is 0.935. The van der Waals surface area contributed by atoms with Crippen LogP contribution in [0, 0.1) is 5.92 Å². The second-order valence-corrected chi connectivity index (χ2v) is 3.47. The molecular formula is C8H19NO2. The molecule has 0 aliphatic carbocycles. The first-order valence-electron chi connectivity index (χ1n) is 3.89. The van der Waals surface area contributed by atoms with Gasteiger partial charge in [-0.25, -0.2) is 0 Å². The number of ether oxygens (including phenoxy) is 1. The van der Waals surface area contributed by atoms with Crippen molar-refractivity contribution in [2.45, 2.75) is 32.5 Å². The number of nitrogens with two attached hydrogens (primary N) is 1. The molecule has 3 heteroatoms. The van der Waals surface area contributed by atoms with Crippen LogP contribution < -0.4 is 5.73 Å². The molecule has 0 aromatic carbocycles. The first kappa shape index (κ1) is 10.9. The van der Waals surface area contributed by atoms with E-state index >= 15 is 0 Å². The topological polar surface area (TPSA) is 55.5 Å². The summed E-state index contributed by atoms with van der Waals surface area (Å²) >= 11 is 0. The van der Waals surface area contributed by atoms with Gasteiger partial charge in [0.25, 0.3) is 0 Å². The molecule has 0 aliphatic heterocycles. The van der Waals surface area contributed by atoms with Gasteiger partial charge in [-0.2, -0.15) is 0 Å². The van der Waals surface area contributed by atoms with E-state index in [0.29, 0.717) is 6.54 Å². The lowest BCUT2D eigenvalue weighted by atomic mass is 9.91. The van der Waals surface area contributed by atoms with Crippen LogP contribution in [0.1, 0.15) is 20.8 Å². The van der Waals surface area contributed by atoms with Gasteiger partial charge in [-0.3, -0.25) is 0 Å². The monoisotopic (exact) mass is 161 g/mol. The second kappa shape index (κ2) is 4.04. The Labute approximate surface area is 68.5 Å². The summed E-state index contributed by atoms with van der Waals surface area (Å²) in [5.41, 5.74) is 4.91. The van der Waals surface area contributed by atoms with Crippen molar-refractivity contribution < 1.29 is 9.84 Å². The highest BCUT2D eigenvalue weighted by Gasteiger charge is 2.30. The van der Waals surface area contributed by atoms with Crippen LogP contribution in [0.25, 0.3) is 0 Å². The van der Waals surface area contributed by atoms with Gasteiger partial charge in [-0.05, 0) is 26.3 Å². The van der Waals surface area contributed by atoms with E-state index in [2.05, 4.69) is 0 Å². The Balaban J connectivity index is 4.10. The van der Waals surface area contributed by atoms with E-state index in [4.69, 9.17) is 10.5 Å². The maximum Gasteiger partial charge on any atom is 0.0883 e. The number of hydrogen-bond donors (Lipinski definition) is 2. The van der Waals surface area contributed by atoms with Crippen molar-refractivity contribution in [3.05, 3.63) is 0 Å². The molecule has 3 nitrogen and oxygen atoms in total. The van der Waals surface area contributed by atoms with Gasteiger partial charge in [0.2, 0.25) is 0 Å². The average molecular weight is 161 g/mol. The molecular weight excluding hydrogens is 142 g/mol. The fraction of sp³-hybridized carbons (Fsp3) is 1.00. The number of methoxy groups -OCH3 is 1. The summed E-state index contributed by atoms with van der Waals surface area (Å²) in [5.74, 6) is 0.0740. The quantitative estimate of drug-likeness (QED) is 0.626. The summed E-state index contributed by atoms with van der Waals surface area (Å²) in [6.07, 6.45) is -0.502. The van der Waals surface area contributed by atoms with Crippen LogP contribution in [0.2, 0.25) is 0 Å². The van der Waals surface area contributed by atoms with Crippen molar-refractivity contribution in [3.63, 3.8) is 0 Å². The highest BCUT2D eigenvalue weighted by molar-refractivity contribution is 4.82. The Hall–Kier alpha value is -0.120. The second-order valence-electron chi connectivity index (χ2n) is 3.47. The lowest BCUT2D eigenvalue weighted by molar-refractivity contribution is -0.0966. The van der Waals surface area contributed by atoms with Crippen LogP contribution >= 0.6 is 0 Å². The van der Waals surface area contributed by atoms with E-state index < -0.39 is 11.7 Å². The van der Waals surface area contributed by atoms with E-state index in [1.54, 1.807) is 7.11 Å². The molecule has 0 bridgehead atoms. The summed E-state index contributed by atoms with van der Waals surface area (Å²) in [4.78, 5) is 0. The van der Waals surface area contributed by atoms with E-state index in [9.17, 15) is 5.11 Å². The predicted octanol–water partition coefficient (Wildman–Crippen LogP) is 0.367. The van der Waals surface area contributed by atoms with Crippen molar-refractivity contribution in [1.82, 2.24) is 0 Å². The van der Waals surface area contributed by atoms with Crippen LogP contribution in [0.5, 0.6) is 0 Å². The minimum Gasteiger partial charge on any atom is -0.390 e. The van der Waals surface area contributed by atoms with E-state index in [0.717, 1.165) is 0 Å². The van der Waals surface area contributed by atoms with Gasteiger partial charge >= 0.3 is 0 Å². The first-order valence-corrected chi connectivity index (χ1v) is 3.89. The average Bonchev–Trinajstić information content (AvgIpc) is 2.01. The normalized spacial score (nSPS) is 18.0. The molecule has 0 rings (SSSR count). The van der Waals surface area contributed by atoms with E-state index in [1.165, 1.54) is 0 Å². The Morgan fingerprint density at radius 2 is 2.00 bits per heavy atom. The summed E-state index contributed by atoms with van der Waals surface area (Å²) in [5, 5.41) is 9.64. The van der Waals surface area contributed by atoms with Gasteiger partial charge in [0.15, 0.2) is 0 Å². The molecule has 0 saturated heterocycles. The third-order valence-corrected chi connectivity index (χ3v) is 2.15. The largest absolute Gasteiger partial charge is 0.390 e. The zero-order valence-electron chi connectivity index (χ0n) is 7.79. The van der Waals surface area contributed by atoms with Crippen molar-refractivity contribution in [2.24, 2.45) is 11.7 Å². The minimum atomic E-state index is -0.502. The molecule has 11 heavy (non-hydrogen) atoms. The Bertz CT molecular complexity index is 115. The molecule has 3 N–H and O–H groups in total. The molecule has 2 unspecified atom stereocenters.